The molecule has 0 radical (unpaired) electrons. The van der Waals surface area contributed by atoms with Gasteiger partial charge in [-0.05, 0) is 18.2 Å². The van der Waals surface area contributed by atoms with Gasteiger partial charge < -0.3 is 15.5 Å². The Kier molecular flexibility index (Phi) is 4.02. The Bertz CT molecular complexity index is 597. The first-order chi connectivity index (χ1) is 8.99. The molecule has 3 N–H and O–H groups in total. The number of phenolic OH excluding ortho intramolecular Hbond substituents is 2. The number of aromatic hydroxyl groups is 2. The number of benzene rings is 2. The van der Waals surface area contributed by atoms with Crippen molar-refractivity contribution >= 4 is 28.9 Å². The van der Waals surface area contributed by atoms with Crippen LogP contribution in [-0.4, -0.2) is 10.2 Å². The Hall–Kier alpha value is -1.65. The number of anilines is 1. The number of rotatable bonds is 3. The van der Waals surface area contributed by atoms with Crippen LogP contribution in [0.5, 0.6) is 11.5 Å². The fourth-order valence-corrected chi connectivity index (χ4v) is 2.05. The summed E-state index contributed by atoms with van der Waals surface area (Å²) < 4.78 is 13.1. The minimum absolute atomic E-state index is 0.110. The molecule has 3 nitrogen and oxygen atoms in total. The monoisotopic (exact) mass is 301 g/mol. The lowest BCUT2D eigenvalue weighted by Crippen LogP contribution is -2.00. The van der Waals surface area contributed by atoms with Crippen molar-refractivity contribution in [3.8, 4) is 11.5 Å². The third-order valence-electron chi connectivity index (χ3n) is 2.57. The maximum atomic E-state index is 13.1. The van der Waals surface area contributed by atoms with Crippen LogP contribution in [0, 0.1) is 5.82 Å². The molecule has 0 heterocycles. The molecule has 0 unspecified atom stereocenters. The summed E-state index contributed by atoms with van der Waals surface area (Å²) in [6.45, 7) is 0.195. The lowest BCUT2D eigenvalue weighted by molar-refractivity contribution is 0.427. The van der Waals surface area contributed by atoms with Crippen molar-refractivity contribution in [3.05, 3.63) is 51.8 Å². The van der Waals surface area contributed by atoms with Gasteiger partial charge in [-0.2, -0.15) is 0 Å². The Labute approximate surface area is 119 Å². The van der Waals surface area contributed by atoms with Crippen molar-refractivity contribution in [2.45, 2.75) is 6.54 Å². The highest BCUT2D eigenvalue weighted by Gasteiger charge is 2.09. The molecule has 2 aromatic rings. The zero-order valence-corrected chi connectivity index (χ0v) is 11.1. The predicted octanol–water partition coefficient (Wildman–Crippen LogP) is 4.16. The van der Waals surface area contributed by atoms with Gasteiger partial charge in [0.15, 0.2) is 17.3 Å². The van der Waals surface area contributed by atoms with Crippen LogP contribution in [0.2, 0.25) is 10.0 Å². The van der Waals surface area contributed by atoms with Crippen molar-refractivity contribution in [3.63, 3.8) is 0 Å². The summed E-state index contributed by atoms with van der Waals surface area (Å²) in [6.07, 6.45) is 0. The van der Waals surface area contributed by atoms with Gasteiger partial charge in [0.25, 0.3) is 0 Å². The van der Waals surface area contributed by atoms with Crippen molar-refractivity contribution < 1.29 is 14.6 Å². The van der Waals surface area contributed by atoms with Crippen LogP contribution in [0.1, 0.15) is 5.56 Å². The van der Waals surface area contributed by atoms with E-state index in [9.17, 15) is 14.6 Å². The smallest absolute Gasteiger partial charge is 0.165 e. The molecule has 0 bridgehead atoms. The molecular weight excluding hydrogens is 292 g/mol. The molecular formula is C13H10Cl2FNO2. The first-order valence-corrected chi connectivity index (χ1v) is 6.13. The average molecular weight is 302 g/mol. The summed E-state index contributed by atoms with van der Waals surface area (Å²) in [5.41, 5.74) is 0.955. The summed E-state index contributed by atoms with van der Waals surface area (Å²) in [5.74, 6) is -1.27. The van der Waals surface area contributed by atoms with Crippen LogP contribution in [0.4, 0.5) is 10.1 Å². The van der Waals surface area contributed by atoms with Gasteiger partial charge in [-0.3, -0.25) is 0 Å². The standard InChI is InChI=1S/C13H10Cl2FNO2/c14-9-4-8(5-10(15)13(9)19)17-6-7-2-1-3-11(16)12(7)18/h1-5,17-19H,6H2. The van der Waals surface area contributed by atoms with E-state index in [4.69, 9.17) is 23.2 Å². The zero-order valence-electron chi connectivity index (χ0n) is 9.62. The van der Waals surface area contributed by atoms with E-state index >= 15 is 0 Å². The van der Waals surface area contributed by atoms with Crippen molar-refractivity contribution in [1.82, 2.24) is 0 Å². The summed E-state index contributed by atoms with van der Waals surface area (Å²) in [5, 5.41) is 22.1. The lowest BCUT2D eigenvalue weighted by atomic mass is 10.2. The van der Waals surface area contributed by atoms with Gasteiger partial charge >= 0.3 is 0 Å². The number of para-hydroxylation sites is 1. The van der Waals surface area contributed by atoms with E-state index in [1.807, 2.05) is 0 Å². The molecule has 100 valence electrons. The van der Waals surface area contributed by atoms with Gasteiger partial charge in [-0.25, -0.2) is 4.39 Å². The zero-order chi connectivity index (χ0) is 14.0. The van der Waals surface area contributed by atoms with E-state index in [-0.39, 0.29) is 22.3 Å². The number of nitrogens with one attached hydrogen (secondary N) is 1. The second-order valence-corrected chi connectivity index (χ2v) is 4.70. The van der Waals surface area contributed by atoms with E-state index in [0.29, 0.717) is 11.3 Å². The largest absolute Gasteiger partial charge is 0.505 e. The minimum Gasteiger partial charge on any atom is -0.505 e. The molecule has 0 spiro atoms. The highest BCUT2D eigenvalue weighted by Crippen LogP contribution is 2.35. The summed E-state index contributed by atoms with van der Waals surface area (Å²) in [7, 11) is 0. The summed E-state index contributed by atoms with van der Waals surface area (Å²) in [4.78, 5) is 0. The van der Waals surface area contributed by atoms with E-state index in [1.54, 1.807) is 6.07 Å². The molecule has 6 heteroatoms. The maximum absolute atomic E-state index is 13.1. The van der Waals surface area contributed by atoms with Gasteiger partial charge in [0, 0.05) is 17.8 Å². The number of hydrogen-bond donors (Lipinski definition) is 3. The number of hydrogen-bond acceptors (Lipinski definition) is 3. The Morgan fingerprint density at radius 1 is 1.05 bits per heavy atom. The van der Waals surface area contributed by atoms with E-state index in [2.05, 4.69) is 5.32 Å². The van der Waals surface area contributed by atoms with Crippen molar-refractivity contribution in [2.24, 2.45) is 0 Å². The molecule has 0 fully saturated rings. The van der Waals surface area contributed by atoms with Gasteiger partial charge in [0.1, 0.15) is 0 Å². The molecule has 2 aromatic carbocycles. The van der Waals surface area contributed by atoms with Gasteiger partial charge in [-0.15, -0.1) is 0 Å². The highest BCUT2D eigenvalue weighted by molar-refractivity contribution is 6.37. The Morgan fingerprint density at radius 2 is 1.68 bits per heavy atom. The third-order valence-corrected chi connectivity index (χ3v) is 3.15. The molecule has 2 rings (SSSR count). The topological polar surface area (TPSA) is 52.5 Å². The molecule has 0 amide bonds. The first-order valence-electron chi connectivity index (χ1n) is 5.37. The number of halogens is 3. The SMILES string of the molecule is Oc1c(Cl)cc(NCc2cccc(F)c2O)cc1Cl. The van der Waals surface area contributed by atoms with Crippen molar-refractivity contribution in [1.29, 1.82) is 0 Å². The quantitative estimate of drug-likeness (QED) is 0.746. The minimum atomic E-state index is -0.680. The molecule has 0 aliphatic rings. The van der Waals surface area contributed by atoms with Crippen LogP contribution in [-0.2, 0) is 6.54 Å². The van der Waals surface area contributed by atoms with E-state index in [0.717, 1.165) is 0 Å². The number of phenols is 2. The molecule has 0 atom stereocenters. The second kappa shape index (κ2) is 5.55. The molecule has 19 heavy (non-hydrogen) atoms. The molecule has 0 saturated heterocycles. The van der Waals surface area contributed by atoms with Gasteiger partial charge in [0.2, 0.25) is 0 Å². The maximum Gasteiger partial charge on any atom is 0.165 e. The van der Waals surface area contributed by atoms with Crippen molar-refractivity contribution in [2.75, 3.05) is 5.32 Å². The van der Waals surface area contributed by atoms with Crippen LogP contribution in [0.3, 0.4) is 0 Å². The lowest BCUT2D eigenvalue weighted by Gasteiger charge is -2.10. The predicted molar refractivity (Wildman–Crippen MR) is 73.5 cm³/mol. The van der Waals surface area contributed by atoms with Gasteiger partial charge in [-0.1, -0.05) is 35.3 Å². The molecule has 0 saturated carbocycles. The molecule has 0 aliphatic carbocycles. The summed E-state index contributed by atoms with van der Waals surface area (Å²) in [6, 6.07) is 7.24. The van der Waals surface area contributed by atoms with E-state index in [1.165, 1.54) is 24.3 Å². The van der Waals surface area contributed by atoms with Crippen LogP contribution >= 0.6 is 23.2 Å². The van der Waals surface area contributed by atoms with Crippen LogP contribution < -0.4 is 5.32 Å². The van der Waals surface area contributed by atoms with Crippen LogP contribution in [0.15, 0.2) is 30.3 Å². The average Bonchev–Trinajstić information content (AvgIpc) is 2.37. The fraction of sp³-hybridized carbons (Fsp3) is 0.0769. The third kappa shape index (κ3) is 3.03. The molecule has 0 aliphatic heterocycles. The Morgan fingerprint density at radius 3 is 2.32 bits per heavy atom. The van der Waals surface area contributed by atoms with Crippen LogP contribution in [0.25, 0.3) is 0 Å². The fourth-order valence-electron chi connectivity index (χ4n) is 1.57. The second-order valence-electron chi connectivity index (χ2n) is 3.89. The van der Waals surface area contributed by atoms with Gasteiger partial charge in [0.05, 0.1) is 10.0 Å². The Balaban J connectivity index is 2.17. The summed E-state index contributed by atoms with van der Waals surface area (Å²) >= 11 is 11.5. The van der Waals surface area contributed by atoms with E-state index < -0.39 is 11.6 Å². The highest BCUT2D eigenvalue weighted by atomic mass is 35.5. The normalized spacial score (nSPS) is 10.5. The molecule has 0 aromatic heterocycles. The first kappa shape index (κ1) is 13.8.